The number of amides is 1. The number of likely N-dealkylation sites (N-methyl/N-ethyl adjacent to an activating group) is 1. The zero-order valence-electron chi connectivity index (χ0n) is 22.1. The van der Waals surface area contributed by atoms with E-state index in [1.807, 2.05) is 12.1 Å². The standard InChI is InChI=1S/C29H25FN10O/c1-39-9-11-40(12-10-39)21-7-8-32-27-24(21)35-28(36-27)25-22-23(30)20(16-33-26(22)38-37-25)18-13-19(15-31-14-18)34-29(41)17-5-3-2-4-6-17/h2-8,13-16H,9-12H2,1H3,(H,34,41)(H,32,35,36)(H,33,37,38). The number of anilines is 2. The number of pyridine rings is 3. The summed E-state index contributed by atoms with van der Waals surface area (Å²) in [4.78, 5) is 38.3. The van der Waals surface area contributed by atoms with Gasteiger partial charge in [-0.1, -0.05) is 18.2 Å². The van der Waals surface area contributed by atoms with Gasteiger partial charge in [0.25, 0.3) is 5.91 Å². The first-order valence-corrected chi connectivity index (χ1v) is 13.2. The number of hydrogen-bond acceptors (Lipinski definition) is 8. The van der Waals surface area contributed by atoms with Crippen LogP contribution in [0.2, 0.25) is 0 Å². The lowest BCUT2D eigenvalue weighted by atomic mass is 10.1. The molecule has 3 N–H and O–H groups in total. The quantitative estimate of drug-likeness (QED) is 0.293. The predicted octanol–water partition coefficient (Wildman–Crippen LogP) is 4.10. The summed E-state index contributed by atoms with van der Waals surface area (Å²) in [6.07, 6.45) is 6.18. The Kier molecular flexibility index (Phi) is 6.08. The average molecular weight is 549 g/mol. The molecule has 0 bridgehead atoms. The lowest BCUT2D eigenvalue weighted by Gasteiger charge is -2.34. The predicted molar refractivity (Wildman–Crippen MR) is 154 cm³/mol. The molecule has 7 rings (SSSR count). The topological polar surface area (TPSA) is 132 Å². The van der Waals surface area contributed by atoms with Gasteiger partial charge in [0.2, 0.25) is 0 Å². The molecule has 0 saturated carbocycles. The number of fused-ring (bicyclic) bond motifs is 2. The summed E-state index contributed by atoms with van der Waals surface area (Å²) in [5.74, 6) is -0.402. The lowest BCUT2D eigenvalue weighted by Crippen LogP contribution is -2.44. The van der Waals surface area contributed by atoms with Crippen LogP contribution in [-0.2, 0) is 0 Å². The minimum atomic E-state index is -0.528. The van der Waals surface area contributed by atoms with Crippen LogP contribution in [0.15, 0.2) is 67.3 Å². The number of nitrogens with zero attached hydrogens (tertiary/aromatic N) is 7. The van der Waals surface area contributed by atoms with Crippen LogP contribution in [0.5, 0.6) is 0 Å². The first-order chi connectivity index (χ1) is 20.0. The average Bonchev–Trinajstić information content (AvgIpc) is 3.63. The molecule has 11 nitrogen and oxygen atoms in total. The molecule has 0 aliphatic carbocycles. The fraction of sp³-hybridized carbons (Fsp3) is 0.172. The highest BCUT2D eigenvalue weighted by molar-refractivity contribution is 6.04. The van der Waals surface area contributed by atoms with Crippen molar-refractivity contribution in [3.8, 4) is 22.6 Å². The smallest absolute Gasteiger partial charge is 0.255 e. The van der Waals surface area contributed by atoms with Crippen LogP contribution in [0.25, 0.3) is 44.8 Å². The third-order valence-corrected chi connectivity index (χ3v) is 7.31. The Bertz CT molecular complexity index is 1890. The van der Waals surface area contributed by atoms with Crippen LogP contribution in [0.4, 0.5) is 15.8 Å². The van der Waals surface area contributed by atoms with Gasteiger partial charge < -0.3 is 20.1 Å². The number of imidazole rings is 1. The summed E-state index contributed by atoms with van der Waals surface area (Å²) in [6, 6.07) is 12.5. The molecule has 41 heavy (non-hydrogen) atoms. The zero-order chi connectivity index (χ0) is 27.9. The van der Waals surface area contributed by atoms with E-state index < -0.39 is 5.82 Å². The summed E-state index contributed by atoms with van der Waals surface area (Å²) in [5, 5.41) is 10.1. The molecule has 1 fully saturated rings. The Hall–Kier alpha value is -5.23. The van der Waals surface area contributed by atoms with Gasteiger partial charge >= 0.3 is 0 Å². The molecule has 204 valence electrons. The van der Waals surface area contributed by atoms with Gasteiger partial charge in [-0.2, -0.15) is 5.10 Å². The van der Waals surface area contributed by atoms with Crippen LogP contribution < -0.4 is 10.2 Å². The van der Waals surface area contributed by atoms with E-state index in [0.29, 0.717) is 34.0 Å². The van der Waals surface area contributed by atoms with Gasteiger partial charge in [0.05, 0.1) is 23.0 Å². The fourth-order valence-electron chi connectivity index (χ4n) is 5.10. The highest BCUT2D eigenvalue weighted by Crippen LogP contribution is 2.34. The molecule has 0 spiro atoms. The van der Waals surface area contributed by atoms with E-state index in [-0.39, 0.29) is 22.5 Å². The van der Waals surface area contributed by atoms with Gasteiger partial charge in [-0.25, -0.2) is 19.3 Å². The third-order valence-electron chi connectivity index (χ3n) is 7.31. The Labute approximate surface area is 233 Å². The highest BCUT2D eigenvalue weighted by atomic mass is 19.1. The van der Waals surface area contributed by atoms with Crippen molar-refractivity contribution in [2.75, 3.05) is 43.4 Å². The molecule has 0 radical (unpaired) electrons. The molecule has 1 aromatic carbocycles. The monoisotopic (exact) mass is 548 g/mol. The summed E-state index contributed by atoms with van der Waals surface area (Å²) in [6.45, 7) is 3.69. The fourth-order valence-corrected chi connectivity index (χ4v) is 5.10. The van der Waals surface area contributed by atoms with E-state index in [1.165, 1.54) is 18.6 Å². The minimum absolute atomic E-state index is 0.196. The van der Waals surface area contributed by atoms with Crippen molar-refractivity contribution >= 4 is 39.5 Å². The molecule has 5 aromatic heterocycles. The van der Waals surface area contributed by atoms with E-state index in [2.05, 4.69) is 57.3 Å². The maximum Gasteiger partial charge on any atom is 0.255 e. The summed E-state index contributed by atoms with van der Waals surface area (Å²) in [7, 11) is 2.11. The molecule has 1 saturated heterocycles. The SMILES string of the molecule is CN1CCN(c2ccnc3nc(-c4[nH]nc5ncc(-c6cncc(NC(=O)c7ccccc7)c6)c(F)c45)[nH]c23)CC1. The van der Waals surface area contributed by atoms with Crippen molar-refractivity contribution < 1.29 is 9.18 Å². The van der Waals surface area contributed by atoms with Gasteiger partial charge in [0, 0.05) is 61.5 Å². The Morgan fingerprint density at radius 3 is 2.66 bits per heavy atom. The molecular weight excluding hydrogens is 523 g/mol. The number of rotatable bonds is 5. The van der Waals surface area contributed by atoms with E-state index in [4.69, 9.17) is 0 Å². The third kappa shape index (κ3) is 4.53. The second-order valence-electron chi connectivity index (χ2n) is 9.97. The summed E-state index contributed by atoms with van der Waals surface area (Å²) >= 11 is 0. The van der Waals surface area contributed by atoms with Crippen LogP contribution in [0.1, 0.15) is 10.4 Å². The summed E-state index contributed by atoms with van der Waals surface area (Å²) < 4.78 is 16.2. The van der Waals surface area contributed by atoms with Gasteiger partial charge in [0.15, 0.2) is 17.1 Å². The van der Waals surface area contributed by atoms with Gasteiger partial charge in [-0.15, -0.1) is 0 Å². The molecule has 1 aliphatic heterocycles. The Morgan fingerprint density at radius 2 is 1.83 bits per heavy atom. The molecule has 1 aliphatic rings. The number of aromatic amines is 2. The largest absolute Gasteiger partial charge is 0.367 e. The van der Waals surface area contributed by atoms with Crippen molar-refractivity contribution in [3.63, 3.8) is 0 Å². The van der Waals surface area contributed by atoms with Crippen LogP contribution >= 0.6 is 0 Å². The number of piperazine rings is 1. The maximum absolute atomic E-state index is 16.2. The number of H-pyrrole nitrogens is 2. The molecule has 12 heteroatoms. The molecule has 1 amide bonds. The number of hydrogen-bond donors (Lipinski definition) is 3. The highest BCUT2D eigenvalue weighted by Gasteiger charge is 2.23. The molecule has 6 heterocycles. The number of nitrogens with one attached hydrogen (secondary N) is 3. The van der Waals surface area contributed by atoms with Gasteiger partial charge in [-0.05, 0) is 31.3 Å². The van der Waals surface area contributed by atoms with Crippen molar-refractivity contribution in [2.24, 2.45) is 0 Å². The second-order valence-corrected chi connectivity index (χ2v) is 9.97. The number of carbonyl (C=O) groups is 1. The summed E-state index contributed by atoms with van der Waals surface area (Å²) in [5.41, 5.74) is 4.53. The maximum atomic E-state index is 16.2. The molecule has 6 aromatic rings. The van der Waals surface area contributed by atoms with E-state index >= 15 is 4.39 Å². The first-order valence-electron chi connectivity index (χ1n) is 13.2. The number of benzene rings is 1. The molecule has 0 atom stereocenters. The zero-order valence-corrected chi connectivity index (χ0v) is 22.1. The number of carbonyl (C=O) groups excluding carboxylic acids is 1. The molecule has 0 unspecified atom stereocenters. The van der Waals surface area contributed by atoms with Crippen LogP contribution in [0, 0.1) is 5.82 Å². The Morgan fingerprint density at radius 1 is 1.00 bits per heavy atom. The normalized spacial score (nSPS) is 14.1. The van der Waals surface area contributed by atoms with E-state index in [1.54, 1.807) is 36.5 Å². The van der Waals surface area contributed by atoms with Gasteiger partial charge in [0.1, 0.15) is 17.0 Å². The van der Waals surface area contributed by atoms with E-state index in [0.717, 1.165) is 37.4 Å². The minimum Gasteiger partial charge on any atom is -0.367 e. The lowest BCUT2D eigenvalue weighted by molar-refractivity contribution is 0.102. The molecular formula is C29H25FN10O. The number of halogens is 1. The van der Waals surface area contributed by atoms with Crippen molar-refractivity contribution in [1.82, 2.24) is 40.0 Å². The Balaban J connectivity index is 1.25. The van der Waals surface area contributed by atoms with Crippen molar-refractivity contribution in [1.29, 1.82) is 0 Å². The van der Waals surface area contributed by atoms with Crippen molar-refractivity contribution in [3.05, 3.63) is 78.6 Å². The van der Waals surface area contributed by atoms with E-state index in [9.17, 15) is 4.79 Å². The number of aromatic nitrogens is 7. The van der Waals surface area contributed by atoms with Crippen LogP contribution in [0.3, 0.4) is 0 Å². The first kappa shape index (κ1) is 24.8. The second kappa shape index (κ2) is 10.1. The van der Waals surface area contributed by atoms with Crippen LogP contribution in [-0.4, -0.2) is 79.2 Å². The van der Waals surface area contributed by atoms with Crippen molar-refractivity contribution in [2.45, 2.75) is 0 Å². The van der Waals surface area contributed by atoms with Gasteiger partial charge in [-0.3, -0.25) is 14.9 Å².